The monoisotopic (exact) mass is 273 g/mol. The molecule has 1 fully saturated rings. The molecule has 0 spiro atoms. The molecule has 0 bridgehead atoms. The highest BCUT2D eigenvalue weighted by molar-refractivity contribution is 5.82. The van der Waals surface area contributed by atoms with Gasteiger partial charge in [-0.05, 0) is 30.4 Å². The molecule has 3 nitrogen and oxygen atoms in total. The standard InChI is InChI=1S/C17H23NO2/c1-2-12-7-3-5-9-14(12)18-15-10-6-4-8-13(15)11-16(18)17(19)20/h4,6,8,10,12,14,16H,2-3,5,7,9,11H2,1H3,(H,19,20). The van der Waals surface area contributed by atoms with Crippen LogP contribution in [0.4, 0.5) is 5.69 Å². The number of hydrogen-bond donors (Lipinski definition) is 1. The second-order valence-corrected chi connectivity index (χ2v) is 6.11. The third-order valence-corrected chi connectivity index (χ3v) is 5.05. The van der Waals surface area contributed by atoms with Gasteiger partial charge in [0.15, 0.2) is 0 Å². The van der Waals surface area contributed by atoms with E-state index in [2.05, 4.69) is 24.0 Å². The minimum atomic E-state index is -0.679. The van der Waals surface area contributed by atoms with Gasteiger partial charge in [-0.15, -0.1) is 0 Å². The fourth-order valence-corrected chi connectivity index (χ4v) is 4.06. The Labute approximate surface area is 120 Å². The zero-order valence-electron chi connectivity index (χ0n) is 12.1. The molecule has 0 aromatic heterocycles. The first-order valence-electron chi connectivity index (χ1n) is 7.81. The molecule has 3 unspecified atom stereocenters. The maximum atomic E-state index is 11.7. The van der Waals surface area contributed by atoms with Crippen molar-refractivity contribution in [2.45, 2.75) is 57.5 Å². The van der Waals surface area contributed by atoms with Crippen LogP contribution in [-0.2, 0) is 11.2 Å². The molecule has 1 saturated carbocycles. The number of aliphatic carboxylic acids is 1. The third-order valence-electron chi connectivity index (χ3n) is 5.05. The minimum Gasteiger partial charge on any atom is -0.480 e. The molecule has 0 radical (unpaired) electrons. The van der Waals surface area contributed by atoms with Crippen molar-refractivity contribution in [3.8, 4) is 0 Å². The summed E-state index contributed by atoms with van der Waals surface area (Å²) in [5, 5.41) is 9.60. The molecule has 0 amide bonds. The number of carbonyl (C=O) groups is 1. The Kier molecular flexibility index (Phi) is 3.68. The van der Waals surface area contributed by atoms with E-state index in [0.29, 0.717) is 18.4 Å². The van der Waals surface area contributed by atoms with E-state index in [1.54, 1.807) is 0 Å². The van der Waals surface area contributed by atoms with Gasteiger partial charge in [0, 0.05) is 18.2 Å². The Balaban J connectivity index is 1.97. The highest BCUT2D eigenvalue weighted by Crippen LogP contribution is 2.40. The van der Waals surface area contributed by atoms with Gasteiger partial charge in [0.2, 0.25) is 0 Å². The van der Waals surface area contributed by atoms with Crippen LogP contribution in [0.5, 0.6) is 0 Å². The number of carboxylic acids is 1. The summed E-state index contributed by atoms with van der Waals surface area (Å²) in [5.41, 5.74) is 2.35. The Bertz CT molecular complexity index is 500. The molecule has 3 atom stereocenters. The Morgan fingerprint density at radius 3 is 2.80 bits per heavy atom. The van der Waals surface area contributed by atoms with Crippen LogP contribution in [0.1, 0.15) is 44.6 Å². The van der Waals surface area contributed by atoms with Crippen molar-refractivity contribution in [2.75, 3.05) is 4.90 Å². The fourth-order valence-electron chi connectivity index (χ4n) is 4.06. The lowest BCUT2D eigenvalue weighted by molar-refractivity contribution is -0.138. The molecule has 1 N–H and O–H groups in total. The number of fused-ring (bicyclic) bond motifs is 1. The van der Waals surface area contributed by atoms with Gasteiger partial charge in [0.25, 0.3) is 0 Å². The molecule has 1 aromatic carbocycles. The number of rotatable bonds is 3. The minimum absolute atomic E-state index is 0.371. The van der Waals surface area contributed by atoms with Gasteiger partial charge in [-0.2, -0.15) is 0 Å². The van der Waals surface area contributed by atoms with Crippen LogP contribution >= 0.6 is 0 Å². The highest BCUT2D eigenvalue weighted by Gasteiger charge is 2.41. The maximum Gasteiger partial charge on any atom is 0.326 e. The molecule has 20 heavy (non-hydrogen) atoms. The Morgan fingerprint density at radius 2 is 2.05 bits per heavy atom. The van der Waals surface area contributed by atoms with Gasteiger partial charge < -0.3 is 10.0 Å². The Morgan fingerprint density at radius 1 is 1.30 bits per heavy atom. The second-order valence-electron chi connectivity index (χ2n) is 6.11. The van der Waals surface area contributed by atoms with Crippen LogP contribution < -0.4 is 4.90 Å². The first kappa shape index (κ1) is 13.5. The summed E-state index contributed by atoms with van der Waals surface area (Å²) in [7, 11) is 0. The number of benzene rings is 1. The van der Waals surface area contributed by atoms with E-state index in [4.69, 9.17) is 0 Å². The molecule has 1 heterocycles. The van der Waals surface area contributed by atoms with Crippen molar-refractivity contribution in [1.82, 2.24) is 0 Å². The Hall–Kier alpha value is -1.51. The van der Waals surface area contributed by atoms with Crippen molar-refractivity contribution in [2.24, 2.45) is 5.92 Å². The van der Waals surface area contributed by atoms with Crippen LogP contribution in [0.25, 0.3) is 0 Å². The van der Waals surface area contributed by atoms with Gasteiger partial charge in [0.1, 0.15) is 6.04 Å². The van der Waals surface area contributed by atoms with E-state index in [1.807, 2.05) is 12.1 Å². The fraction of sp³-hybridized carbons (Fsp3) is 0.588. The van der Waals surface area contributed by atoms with E-state index in [-0.39, 0.29) is 6.04 Å². The predicted octanol–water partition coefficient (Wildman–Crippen LogP) is 3.47. The lowest BCUT2D eigenvalue weighted by Crippen LogP contribution is -2.49. The summed E-state index contributed by atoms with van der Waals surface area (Å²) >= 11 is 0. The normalized spacial score (nSPS) is 29.2. The summed E-state index contributed by atoms with van der Waals surface area (Å²) < 4.78 is 0. The zero-order chi connectivity index (χ0) is 14.1. The predicted molar refractivity (Wildman–Crippen MR) is 80.1 cm³/mol. The maximum absolute atomic E-state index is 11.7. The van der Waals surface area contributed by atoms with Crippen molar-refractivity contribution in [3.63, 3.8) is 0 Å². The summed E-state index contributed by atoms with van der Waals surface area (Å²) in [4.78, 5) is 13.9. The smallest absolute Gasteiger partial charge is 0.326 e. The highest BCUT2D eigenvalue weighted by atomic mass is 16.4. The lowest BCUT2D eigenvalue weighted by Gasteiger charge is -2.41. The third kappa shape index (κ3) is 2.19. The van der Waals surface area contributed by atoms with Crippen LogP contribution in [0.15, 0.2) is 24.3 Å². The number of para-hydroxylation sites is 1. The SMILES string of the molecule is CCC1CCCCC1N1c2ccccc2CC1C(=O)O. The molecule has 1 aliphatic heterocycles. The largest absolute Gasteiger partial charge is 0.480 e. The summed E-state index contributed by atoms with van der Waals surface area (Å²) in [6.45, 7) is 2.24. The molecular formula is C17H23NO2. The molecule has 1 aliphatic carbocycles. The van der Waals surface area contributed by atoms with Gasteiger partial charge >= 0.3 is 5.97 Å². The summed E-state index contributed by atoms with van der Waals surface area (Å²) in [6, 6.07) is 8.25. The average molecular weight is 273 g/mol. The van der Waals surface area contributed by atoms with Gasteiger partial charge in [-0.3, -0.25) is 0 Å². The van der Waals surface area contributed by atoms with Crippen LogP contribution in [0.2, 0.25) is 0 Å². The number of anilines is 1. The van der Waals surface area contributed by atoms with Crippen molar-refractivity contribution in [3.05, 3.63) is 29.8 Å². The topological polar surface area (TPSA) is 40.5 Å². The zero-order valence-corrected chi connectivity index (χ0v) is 12.1. The van der Waals surface area contributed by atoms with Crippen molar-refractivity contribution < 1.29 is 9.90 Å². The molecule has 0 saturated heterocycles. The quantitative estimate of drug-likeness (QED) is 0.916. The van der Waals surface area contributed by atoms with E-state index in [1.165, 1.54) is 24.8 Å². The average Bonchev–Trinajstić information content (AvgIpc) is 2.86. The number of hydrogen-bond acceptors (Lipinski definition) is 2. The molecule has 1 aromatic rings. The second kappa shape index (κ2) is 5.47. The first-order chi connectivity index (χ1) is 9.72. The van der Waals surface area contributed by atoms with E-state index >= 15 is 0 Å². The van der Waals surface area contributed by atoms with Crippen molar-refractivity contribution in [1.29, 1.82) is 0 Å². The molecule has 3 rings (SSSR count). The molecule has 108 valence electrons. The molecule has 2 aliphatic rings. The van der Waals surface area contributed by atoms with Gasteiger partial charge in [0.05, 0.1) is 0 Å². The summed E-state index contributed by atoms with van der Waals surface area (Å²) in [6.07, 6.45) is 6.70. The van der Waals surface area contributed by atoms with E-state index < -0.39 is 5.97 Å². The molecule has 3 heteroatoms. The van der Waals surface area contributed by atoms with Crippen LogP contribution in [0.3, 0.4) is 0 Å². The number of nitrogens with zero attached hydrogens (tertiary/aromatic N) is 1. The lowest BCUT2D eigenvalue weighted by atomic mass is 9.81. The van der Waals surface area contributed by atoms with Gasteiger partial charge in [-0.25, -0.2) is 4.79 Å². The molecular weight excluding hydrogens is 250 g/mol. The van der Waals surface area contributed by atoms with E-state index in [0.717, 1.165) is 18.5 Å². The van der Waals surface area contributed by atoms with E-state index in [9.17, 15) is 9.90 Å². The van der Waals surface area contributed by atoms with Crippen LogP contribution in [0, 0.1) is 5.92 Å². The van der Waals surface area contributed by atoms with Crippen LogP contribution in [-0.4, -0.2) is 23.2 Å². The number of carboxylic acid groups (broad SMARTS) is 1. The first-order valence-corrected chi connectivity index (χ1v) is 7.81. The summed E-state index contributed by atoms with van der Waals surface area (Å²) in [5.74, 6) is -0.0432. The van der Waals surface area contributed by atoms with Gasteiger partial charge in [-0.1, -0.05) is 44.4 Å². The van der Waals surface area contributed by atoms with Crippen molar-refractivity contribution >= 4 is 11.7 Å².